The van der Waals surface area contributed by atoms with Crippen LogP contribution in [0.4, 0.5) is 0 Å². The van der Waals surface area contributed by atoms with E-state index < -0.39 is 0 Å². The minimum Gasteiger partial charge on any atom is -0.409 e. The molecule has 1 aliphatic carbocycles. The lowest BCUT2D eigenvalue weighted by molar-refractivity contribution is 0.256. The summed E-state index contributed by atoms with van der Waals surface area (Å²) in [5, 5.41) is 11.7. The second kappa shape index (κ2) is 5.35. The molecule has 0 amide bonds. The number of nitrogens with zero attached hydrogens (tertiary/aromatic N) is 3. The summed E-state index contributed by atoms with van der Waals surface area (Å²) in [6, 6.07) is 4.05. The van der Waals surface area contributed by atoms with Crippen molar-refractivity contribution < 1.29 is 5.21 Å². The molecule has 0 bridgehead atoms. The van der Waals surface area contributed by atoms with Crippen molar-refractivity contribution in [3.8, 4) is 0 Å². The molecule has 18 heavy (non-hydrogen) atoms. The van der Waals surface area contributed by atoms with E-state index in [1.807, 2.05) is 24.5 Å². The van der Waals surface area contributed by atoms with Gasteiger partial charge in [0.25, 0.3) is 0 Å². The van der Waals surface area contributed by atoms with E-state index >= 15 is 0 Å². The summed E-state index contributed by atoms with van der Waals surface area (Å²) in [4.78, 5) is 6.30. The molecule has 1 aromatic heterocycles. The first-order valence-electron chi connectivity index (χ1n) is 6.17. The topological polar surface area (TPSA) is 74.7 Å². The average molecular weight is 248 g/mol. The molecule has 2 rings (SSSR count). The predicted octanol–water partition coefficient (Wildman–Crippen LogP) is 1.43. The highest BCUT2D eigenvalue weighted by atomic mass is 16.4. The van der Waals surface area contributed by atoms with Crippen LogP contribution in [0.1, 0.15) is 24.8 Å². The fraction of sp³-hybridized carbons (Fsp3) is 0.538. The van der Waals surface area contributed by atoms with Gasteiger partial charge in [0.2, 0.25) is 0 Å². The third kappa shape index (κ3) is 3.43. The molecule has 1 aliphatic rings. The first-order chi connectivity index (χ1) is 8.63. The van der Waals surface area contributed by atoms with Crippen molar-refractivity contribution in [3.63, 3.8) is 0 Å². The van der Waals surface area contributed by atoms with Crippen molar-refractivity contribution in [3.05, 3.63) is 30.1 Å². The fourth-order valence-corrected chi connectivity index (χ4v) is 2.42. The molecule has 3 N–H and O–H groups in total. The standard InChI is InChI=1S/C13H20N4O/c1-17(9-11-2-6-15-7-3-11)10-13(4-5-13)8-12(14)16-18/h2-3,6-7,18H,4-5,8-10H2,1H3,(H2,14,16). The molecule has 0 aromatic carbocycles. The van der Waals surface area contributed by atoms with Crippen molar-refractivity contribution in [2.24, 2.45) is 16.3 Å². The van der Waals surface area contributed by atoms with Gasteiger partial charge in [0.05, 0.1) is 0 Å². The minimum absolute atomic E-state index is 0.220. The zero-order valence-corrected chi connectivity index (χ0v) is 10.7. The number of hydrogen-bond acceptors (Lipinski definition) is 4. The van der Waals surface area contributed by atoms with Gasteiger partial charge < -0.3 is 15.8 Å². The summed E-state index contributed by atoms with van der Waals surface area (Å²) in [5.41, 5.74) is 7.08. The molecule has 5 heteroatoms. The summed E-state index contributed by atoms with van der Waals surface area (Å²) in [7, 11) is 2.10. The van der Waals surface area contributed by atoms with E-state index in [4.69, 9.17) is 10.9 Å². The van der Waals surface area contributed by atoms with Crippen molar-refractivity contribution in [1.29, 1.82) is 0 Å². The van der Waals surface area contributed by atoms with Crippen LogP contribution in [0.15, 0.2) is 29.7 Å². The number of nitrogens with two attached hydrogens (primary N) is 1. The molecule has 0 spiro atoms. The van der Waals surface area contributed by atoms with Crippen LogP contribution < -0.4 is 5.73 Å². The van der Waals surface area contributed by atoms with Gasteiger partial charge in [0, 0.05) is 31.9 Å². The van der Waals surface area contributed by atoms with E-state index in [1.165, 1.54) is 5.56 Å². The van der Waals surface area contributed by atoms with E-state index in [0.717, 1.165) is 25.9 Å². The lowest BCUT2D eigenvalue weighted by atomic mass is 10.0. The van der Waals surface area contributed by atoms with E-state index in [2.05, 4.69) is 22.1 Å². The van der Waals surface area contributed by atoms with Crippen LogP contribution in [0.2, 0.25) is 0 Å². The number of oxime groups is 1. The maximum Gasteiger partial charge on any atom is 0.139 e. The molecule has 0 atom stereocenters. The summed E-state index contributed by atoms with van der Waals surface area (Å²) in [6.07, 6.45) is 6.62. The number of amidine groups is 1. The van der Waals surface area contributed by atoms with Gasteiger partial charge in [-0.15, -0.1) is 0 Å². The van der Waals surface area contributed by atoms with Crippen LogP contribution in [0.3, 0.4) is 0 Å². The Bertz CT molecular complexity index is 414. The number of hydrogen-bond donors (Lipinski definition) is 2. The second-order valence-corrected chi connectivity index (χ2v) is 5.30. The Hall–Kier alpha value is -1.62. The average Bonchev–Trinajstić information content (AvgIpc) is 3.09. The molecule has 0 unspecified atom stereocenters. The molecule has 1 heterocycles. The van der Waals surface area contributed by atoms with Gasteiger partial charge in [0.15, 0.2) is 0 Å². The van der Waals surface area contributed by atoms with Gasteiger partial charge in [-0.05, 0) is 43.0 Å². The van der Waals surface area contributed by atoms with Crippen molar-refractivity contribution in [1.82, 2.24) is 9.88 Å². The van der Waals surface area contributed by atoms with Crippen LogP contribution >= 0.6 is 0 Å². The summed E-state index contributed by atoms with van der Waals surface area (Å²) in [6.45, 7) is 1.88. The molecule has 98 valence electrons. The zero-order valence-electron chi connectivity index (χ0n) is 10.7. The molecule has 1 aromatic rings. The van der Waals surface area contributed by atoms with Crippen molar-refractivity contribution >= 4 is 5.84 Å². The fourth-order valence-electron chi connectivity index (χ4n) is 2.42. The van der Waals surface area contributed by atoms with Crippen LogP contribution in [-0.2, 0) is 6.54 Å². The lowest BCUT2D eigenvalue weighted by Gasteiger charge is -2.23. The molecule has 0 radical (unpaired) electrons. The lowest BCUT2D eigenvalue weighted by Crippen LogP contribution is -2.29. The largest absolute Gasteiger partial charge is 0.409 e. The van der Waals surface area contributed by atoms with Crippen LogP contribution in [0.5, 0.6) is 0 Å². The third-order valence-electron chi connectivity index (χ3n) is 3.45. The highest BCUT2D eigenvalue weighted by molar-refractivity contribution is 5.80. The van der Waals surface area contributed by atoms with Gasteiger partial charge >= 0.3 is 0 Å². The highest BCUT2D eigenvalue weighted by Gasteiger charge is 2.43. The van der Waals surface area contributed by atoms with Gasteiger partial charge in [-0.1, -0.05) is 5.16 Å². The predicted molar refractivity (Wildman–Crippen MR) is 70.3 cm³/mol. The Balaban J connectivity index is 1.86. The van der Waals surface area contributed by atoms with Crippen LogP contribution in [-0.4, -0.2) is 34.5 Å². The quantitative estimate of drug-likeness (QED) is 0.345. The molecular formula is C13H20N4O. The molecule has 1 saturated carbocycles. The van der Waals surface area contributed by atoms with Gasteiger partial charge in [0.1, 0.15) is 5.84 Å². The first kappa shape index (κ1) is 12.8. The zero-order chi connectivity index (χ0) is 13.0. The van der Waals surface area contributed by atoms with Gasteiger partial charge in [-0.2, -0.15) is 0 Å². The van der Waals surface area contributed by atoms with Crippen molar-refractivity contribution in [2.45, 2.75) is 25.8 Å². The smallest absolute Gasteiger partial charge is 0.139 e. The summed E-state index contributed by atoms with van der Waals surface area (Å²) >= 11 is 0. The Morgan fingerprint density at radius 2 is 2.17 bits per heavy atom. The maximum absolute atomic E-state index is 8.64. The molecule has 1 fully saturated rings. The Labute approximate surface area is 107 Å². The Morgan fingerprint density at radius 1 is 1.50 bits per heavy atom. The van der Waals surface area contributed by atoms with E-state index in [1.54, 1.807) is 0 Å². The molecular weight excluding hydrogens is 228 g/mol. The SMILES string of the molecule is CN(Cc1ccncc1)CC1(CC(N)=NO)CC1. The number of pyridine rings is 1. The van der Waals surface area contributed by atoms with E-state index in [-0.39, 0.29) is 5.41 Å². The minimum atomic E-state index is 0.220. The summed E-state index contributed by atoms with van der Waals surface area (Å²) in [5.74, 6) is 0.338. The third-order valence-corrected chi connectivity index (χ3v) is 3.45. The summed E-state index contributed by atoms with van der Waals surface area (Å²) < 4.78 is 0. The molecule has 5 nitrogen and oxygen atoms in total. The first-order valence-corrected chi connectivity index (χ1v) is 6.17. The van der Waals surface area contributed by atoms with E-state index in [0.29, 0.717) is 12.3 Å². The van der Waals surface area contributed by atoms with Crippen LogP contribution in [0, 0.1) is 5.41 Å². The second-order valence-electron chi connectivity index (χ2n) is 5.30. The van der Waals surface area contributed by atoms with E-state index in [9.17, 15) is 0 Å². The van der Waals surface area contributed by atoms with Gasteiger partial charge in [-0.3, -0.25) is 4.98 Å². The Kier molecular flexibility index (Phi) is 3.81. The Morgan fingerprint density at radius 3 is 2.72 bits per heavy atom. The normalized spacial score (nSPS) is 18.0. The maximum atomic E-state index is 8.64. The molecule has 0 aliphatic heterocycles. The number of aromatic nitrogens is 1. The van der Waals surface area contributed by atoms with Crippen molar-refractivity contribution in [2.75, 3.05) is 13.6 Å². The highest BCUT2D eigenvalue weighted by Crippen LogP contribution is 2.49. The number of rotatable bonds is 6. The monoisotopic (exact) mass is 248 g/mol. The van der Waals surface area contributed by atoms with Gasteiger partial charge in [-0.25, -0.2) is 0 Å². The molecule has 0 saturated heterocycles. The van der Waals surface area contributed by atoms with Crippen LogP contribution in [0.25, 0.3) is 0 Å².